The van der Waals surface area contributed by atoms with Gasteiger partial charge in [-0.05, 0) is 39.2 Å². The van der Waals surface area contributed by atoms with Gasteiger partial charge in [0.1, 0.15) is 17.0 Å². The third-order valence-corrected chi connectivity index (χ3v) is 5.69. The number of carbonyl (C=O) groups excluding carboxylic acids is 1. The molecule has 10 heteroatoms. The van der Waals surface area contributed by atoms with Crippen LogP contribution < -0.4 is 9.64 Å². The predicted octanol–water partition coefficient (Wildman–Crippen LogP) is 3.80. The first kappa shape index (κ1) is 22.4. The predicted molar refractivity (Wildman–Crippen MR) is 117 cm³/mol. The lowest BCUT2D eigenvalue weighted by atomic mass is 10.3. The highest BCUT2D eigenvalue weighted by molar-refractivity contribution is 7.23. The van der Waals surface area contributed by atoms with Crippen LogP contribution in [0.3, 0.4) is 0 Å². The van der Waals surface area contributed by atoms with Gasteiger partial charge in [0.2, 0.25) is 0 Å². The molecule has 0 bridgehead atoms. The molecule has 28 heavy (non-hydrogen) atoms. The monoisotopic (exact) mass is 443 g/mol. The Kier molecular flexibility index (Phi) is 7.65. The van der Waals surface area contributed by atoms with Gasteiger partial charge in [0.15, 0.2) is 5.13 Å². The number of hydrogen-bond acceptors (Lipinski definition) is 6. The molecular weight excluding hydrogens is 421 g/mol. The van der Waals surface area contributed by atoms with Gasteiger partial charge in [-0.2, -0.15) is 5.10 Å². The number of halogens is 2. The fraction of sp³-hybridized carbons (Fsp3) is 0.389. The van der Waals surface area contributed by atoms with Crippen molar-refractivity contribution < 1.29 is 9.53 Å². The molecule has 0 saturated heterocycles. The summed E-state index contributed by atoms with van der Waals surface area (Å²) in [5, 5.41) is 5.39. The van der Waals surface area contributed by atoms with Crippen LogP contribution in [0.4, 0.5) is 5.13 Å². The van der Waals surface area contributed by atoms with Gasteiger partial charge in [-0.1, -0.05) is 22.9 Å². The molecular formula is C18H23Cl2N5O2S. The summed E-state index contributed by atoms with van der Waals surface area (Å²) in [6.45, 7) is 3.78. The molecule has 0 aliphatic heterocycles. The number of ether oxygens (including phenoxy) is 1. The number of hydrogen-bond donors (Lipinski definition) is 0. The van der Waals surface area contributed by atoms with Crippen molar-refractivity contribution >= 4 is 56.6 Å². The number of anilines is 1. The summed E-state index contributed by atoms with van der Waals surface area (Å²) in [6, 6.07) is 5.30. The van der Waals surface area contributed by atoms with Crippen LogP contribution in [0.2, 0.25) is 5.02 Å². The average molecular weight is 444 g/mol. The standard InChI is InChI=1S/C18H22ClN5O2S.ClH/c1-5-24-13(8-9-20-24)17(25)23(11-10-22(2)3)18-21-15-14(26-4)7-6-12(19)16(15)27-18;/h6-9H,5,10-11H2,1-4H3;1H. The lowest BCUT2D eigenvalue weighted by molar-refractivity contribution is 0.0975. The molecule has 0 unspecified atom stereocenters. The quantitative estimate of drug-likeness (QED) is 0.555. The molecule has 1 aromatic carbocycles. The summed E-state index contributed by atoms with van der Waals surface area (Å²) in [5.74, 6) is 0.501. The Bertz CT molecular complexity index is 957. The van der Waals surface area contributed by atoms with E-state index in [0.29, 0.717) is 46.7 Å². The van der Waals surface area contributed by atoms with E-state index in [1.165, 1.54) is 11.3 Å². The third kappa shape index (κ3) is 4.41. The second kappa shape index (κ2) is 9.56. The smallest absolute Gasteiger partial charge is 0.278 e. The van der Waals surface area contributed by atoms with Crippen LogP contribution in [-0.4, -0.2) is 59.9 Å². The van der Waals surface area contributed by atoms with E-state index >= 15 is 0 Å². The molecule has 0 spiro atoms. The highest BCUT2D eigenvalue weighted by Crippen LogP contribution is 2.39. The zero-order valence-corrected chi connectivity index (χ0v) is 18.6. The van der Waals surface area contributed by atoms with Gasteiger partial charge in [0, 0.05) is 25.8 Å². The van der Waals surface area contributed by atoms with Gasteiger partial charge in [-0.15, -0.1) is 12.4 Å². The number of methoxy groups -OCH3 is 1. The first-order valence-electron chi connectivity index (χ1n) is 8.57. The fourth-order valence-corrected chi connectivity index (χ4v) is 3.99. The first-order valence-corrected chi connectivity index (χ1v) is 9.77. The van der Waals surface area contributed by atoms with Gasteiger partial charge < -0.3 is 9.64 Å². The summed E-state index contributed by atoms with van der Waals surface area (Å²) < 4.78 is 7.89. The summed E-state index contributed by atoms with van der Waals surface area (Å²) in [5.41, 5.74) is 1.20. The summed E-state index contributed by atoms with van der Waals surface area (Å²) in [4.78, 5) is 21.6. The number of carbonyl (C=O) groups is 1. The Hall–Kier alpha value is -1.87. The Morgan fingerprint density at radius 2 is 2.04 bits per heavy atom. The molecule has 2 aromatic heterocycles. The first-order chi connectivity index (χ1) is 13.0. The lowest BCUT2D eigenvalue weighted by Gasteiger charge is -2.22. The minimum Gasteiger partial charge on any atom is -0.494 e. The number of thiazole rings is 1. The number of aromatic nitrogens is 3. The van der Waals surface area contributed by atoms with Gasteiger partial charge in [-0.3, -0.25) is 14.4 Å². The summed E-state index contributed by atoms with van der Waals surface area (Å²) >= 11 is 7.73. The highest BCUT2D eigenvalue weighted by Gasteiger charge is 2.25. The highest BCUT2D eigenvalue weighted by atomic mass is 35.5. The molecule has 0 radical (unpaired) electrons. The minimum atomic E-state index is -0.134. The van der Waals surface area contributed by atoms with E-state index in [1.807, 2.05) is 25.9 Å². The van der Waals surface area contributed by atoms with Crippen LogP contribution in [0.5, 0.6) is 5.75 Å². The van der Waals surface area contributed by atoms with Crippen molar-refractivity contribution in [1.29, 1.82) is 0 Å². The van der Waals surface area contributed by atoms with E-state index in [0.717, 1.165) is 4.70 Å². The van der Waals surface area contributed by atoms with Crippen LogP contribution in [-0.2, 0) is 6.54 Å². The van der Waals surface area contributed by atoms with Crippen LogP contribution >= 0.6 is 35.3 Å². The van der Waals surface area contributed by atoms with Gasteiger partial charge >= 0.3 is 0 Å². The number of fused-ring (bicyclic) bond motifs is 1. The molecule has 3 aromatic rings. The second-order valence-electron chi connectivity index (χ2n) is 6.22. The second-order valence-corrected chi connectivity index (χ2v) is 7.60. The normalized spacial score (nSPS) is 10.9. The SMILES string of the molecule is CCn1nccc1C(=O)N(CCN(C)C)c1nc2c(OC)ccc(Cl)c2s1.Cl. The molecule has 0 atom stereocenters. The molecule has 152 valence electrons. The van der Waals surface area contributed by atoms with Gasteiger partial charge in [0.25, 0.3) is 5.91 Å². The maximum atomic E-state index is 13.3. The van der Waals surface area contributed by atoms with E-state index in [9.17, 15) is 4.79 Å². The van der Waals surface area contributed by atoms with Crippen molar-refractivity contribution in [2.24, 2.45) is 0 Å². The number of aryl methyl sites for hydroxylation is 1. The van der Waals surface area contributed by atoms with E-state index in [-0.39, 0.29) is 18.3 Å². The maximum Gasteiger partial charge on any atom is 0.278 e. The maximum absolute atomic E-state index is 13.3. The van der Waals surface area contributed by atoms with Crippen molar-refractivity contribution in [2.75, 3.05) is 39.2 Å². The van der Waals surface area contributed by atoms with E-state index in [2.05, 4.69) is 10.1 Å². The number of likely N-dealkylation sites (N-methyl/N-ethyl adjacent to an activating group) is 1. The van der Waals surface area contributed by atoms with E-state index in [4.69, 9.17) is 16.3 Å². The van der Waals surface area contributed by atoms with Crippen LogP contribution in [0.25, 0.3) is 10.2 Å². The molecule has 0 N–H and O–H groups in total. The largest absolute Gasteiger partial charge is 0.494 e. The lowest BCUT2D eigenvalue weighted by Crippen LogP contribution is -2.37. The molecule has 3 rings (SSSR count). The molecule has 0 saturated carbocycles. The van der Waals surface area contributed by atoms with Crippen molar-refractivity contribution in [2.45, 2.75) is 13.5 Å². The fourth-order valence-electron chi connectivity index (χ4n) is 2.71. The average Bonchev–Trinajstić information content (AvgIpc) is 3.29. The van der Waals surface area contributed by atoms with Crippen LogP contribution in [0.1, 0.15) is 17.4 Å². The van der Waals surface area contributed by atoms with Crippen LogP contribution in [0.15, 0.2) is 24.4 Å². The Balaban J connectivity index is 0.00000280. The van der Waals surface area contributed by atoms with Crippen molar-refractivity contribution in [3.63, 3.8) is 0 Å². The molecule has 0 fully saturated rings. The van der Waals surface area contributed by atoms with Crippen molar-refractivity contribution in [3.8, 4) is 5.75 Å². The summed E-state index contributed by atoms with van der Waals surface area (Å²) in [6.07, 6.45) is 1.64. The number of rotatable bonds is 7. The molecule has 0 aliphatic rings. The minimum absolute atomic E-state index is 0. The van der Waals surface area contributed by atoms with Gasteiger partial charge in [-0.25, -0.2) is 4.98 Å². The molecule has 7 nitrogen and oxygen atoms in total. The van der Waals surface area contributed by atoms with Crippen molar-refractivity contribution in [3.05, 3.63) is 35.1 Å². The zero-order chi connectivity index (χ0) is 19.6. The zero-order valence-electron chi connectivity index (χ0n) is 16.2. The van der Waals surface area contributed by atoms with E-state index in [1.54, 1.807) is 41.1 Å². The molecule has 0 aliphatic carbocycles. The summed E-state index contributed by atoms with van der Waals surface area (Å²) in [7, 11) is 5.53. The third-order valence-electron chi connectivity index (χ3n) is 4.15. The molecule has 1 amide bonds. The Morgan fingerprint density at radius 3 is 2.68 bits per heavy atom. The van der Waals surface area contributed by atoms with Crippen molar-refractivity contribution in [1.82, 2.24) is 19.7 Å². The van der Waals surface area contributed by atoms with Gasteiger partial charge in [0.05, 0.1) is 16.8 Å². The van der Waals surface area contributed by atoms with Crippen LogP contribution in [0, 0.1) is 0 Å². The number of benzene rings is 1. The molecule has 2 heterocycles. The number of nitrogens with zero attached hydrogens (tertiary/aromatic N) is 5. The number of amides is 1. The Labute approximate surface area is 179 Å². The topological polar surface area (TPSA) is 63.5 Å². The Morgan fingerprint density at radius 1 is 1.29 bits per heavy atom. The van der Waals surface area contributed by atoms with E-state index < -0.39 is 0 Å².